The van der Waals surface area contributed by atoms with Crippen LogP contribution in [0.15, 0.2) is 72.9 Å². The second-order valence-electron chi connectivity index (χ2n) is 6.77. The highest BCUT2D eigenvalue weighted by Crippen LogP contribution is 2.28. The lowest BCUT2D eigenvalue weighted by Gasteiger charge is -2.29. The summed E-state index contributed by atoms with van der Waals surface area (Å²) in [5.74, 6) is -0.222. The maximum atomic E-state index is 13.0. The molecule has 0 unspecified atom stereocenters. The molecule has 1 N–H and O–H groups in total. The quantitative estimate of drug-likeness (QED) is 0.762. The molecule has 2 aromatic carbocycles. The van der Waals surface area contributed by atoms with Crippen LogP contribution in [-0.2, 0) is 13.0 Å². The van der Waals surface area contributed by atoms with Gasteiger partial charge in [0.05, 0.1) is 12.2 Å². The molecule has 0 aliphatic carbocycles. The maximum Gasteiger partial charge on any atom is 0.258 e. The van der Waals surface area contributed by atoms with Gasteiger partial charge in [0.1, 0.15) is 0 Å². The van der Waals surface area contributed by atoms with Gasteiger partial charge in [0, 0.05) is 29.6 Å². The van der Waals surface area contributed by atoms with Gasteiger partial charge < -0.3 is 10.2 Å². The Morgan fingerprint density at radius 3 is 2.46 bits per heavy atom. The molecule has 5 heteroatoms. The third kappa shape index (κ3) is 3.78. The summed E-state index contributed by atoms with van der Waals surface area (Å²) in [6.45, 7) is 1.08. The minimum Gasteiger partial charge on any atom is -0.346 e. The van der Waals surface area contributed by atoms with Crippen LogP contribution >= 0.6 is 0 Å². The molecule has 1 aliphatic heterocycles. The zero-order valence-electron chi connectivity index (χ0n) is 15.5. The first-order valence-corrected chi connectivity index (χ1v) is 9.40. The maximum absolute atomic E-state index is 13.0. The van der Waals surface area contributed by atoms with E-state index in [4.69, 9.17) is 0 Å². The van der Waals surface area contributed by atoms with Gasteiger partial charge in [-0.3, -0.25) is 14.6 Å². The number of amides is 2. The highest BCUT2D eigenvalue weighted by Gasteiger charge is 2.23. The Balaban J connectivity index is 1.45. The van der Waals surface area contributed by atoms with Crippen LogP contribution < -0.4 is 10.2 Å². The predicted molar refractivity (Wildman–Crippen MR) is 108 cm³/mol. The third-order valence-corrected chi connectivity index (χ3v) is 4.91. The lowest BCUT2D eigenvalue weighted by Crippen LogP contribution is -2.35. The number of carbonyl (C=O) groups is 2. The predicted octanol–water partition coefficient (Wildman–Crippen LogP) is 3.60. The first-order chi connectivity index (χ1) is 13.7. The van der Waals surface area contributed by atoms with Crippen molar-refractivity contribution >= 4 is 17.5 Å². The number of carbonyl (C=O) groups excluding carboxylic acids is 2. The van der Waals surface area contributed by atoms with E-state index < -0.39 is 0 Å². The van der Waals surface area contributed by atoms with E-state index in [-0.39, 0.29) is 11.8 Å². The molecule has 2 heterocycles. The Bertz CT molecular complexity index is 984. The van der Waals surface area contributed by atoms with Crippen molar-refractivity contribution in [3.05, 3.63) is 95.3 Å². The van der Waals surface area contributed by atoms with Crippen molar-refractivity contribution < 1.29 is 9.59 Å². The fourth-order valence-corrected chi connectivity index (χ4v) is 3.44. The van der Waals surface area contributed by atoms with E-state index >= 15 is 0 Å². The normalized spacial score (nSPS) is 12.9. The number of para-hydroxylation sites is 1. The Hall–Kier alpha value is -3.47. The van der Waals surface area contributed by atoms with Gasteiger partial charge in [-0.15, -0.1) is 0 Å². The van der Waals surface area contributed by atoms with Gasteiger partial charge in [0.15, 0.2) is 0 Å². The van der Waals surface area contributed by atoms with Crippen LogP contribution in [0.5, 0.6) is 0 Å². The van der Waals surface area contributed by atoms with Gasteiger partial charge in [-0.25, -0.2) is 0 Å². The molecule has 1 aromatic heterocycles. The number of fused-ring (bicyclic) bond motifs is 1. The molecular weight excluding hydrogens is 350 g/mol. The molecule has 140 valence electrons. The van der Waals surface area contributed by atoms with Gasteiger partial charge in [0.25, 0.3) is 11.8 Å². The molecular formula is C23H21N3O2. The molecule has 0 radical (unpaired) electrons. The topological polar surface area (TPSA) is 62.3 Å². The van der Waals surface area contributed by atoms with Crippen molar-refractivity contribution in [2.45, 2.75) is 19.4 Å². The molecule has 1 aliphatic rings. The van der Waals surface area contributed by atoms with Gasteiger partial charge in [0.2, 0.25) is 0 Å². The number of hydrogen-bond donors (Lipinski definition) is 1. The largest absolute Gasteiger partial charge is 0.346 e. The number of nitrogens with zero attached hydrogens (tertiary/aromatic N) is 2. The van der Waals surface area contributed by atoms with E-state index in [1.54, 1.807) is 30.5 Å². The van der Waals surface area contributed by atoms with Crippen molar-refractivity contribution in [3.63, 3.8) is 0 Å². The molecule has 0 bridgehead atoms. The summed E-state index contributed by atoms with van der Waals surface area (Å²) >= 11 is 0. The number of rotatable bonds is 4. The molecule has 2 amide bonds. The lowest BCUT2D eigenvalue weighted by atomic mass is 10.0. The van der Waals surface area contributed by atoms with Crippen LogP contribution in [-0.4, -0.2) is 23.3 Å². The summed E-state index contributed by atoms with van der Waals surface area (Å²) in [5.41, 5.74) is 4.08. The van der Waals surface area contributed by atoms with Crippen molar-refractivity contribution in [3.8, 4) is 0 Å². The Kier molecular flexibility index (Phi) is 5.15. The van der Waals surface area contributed by atoms with Crippen LogP contribution in [0.1, 0.15) is 38.4 Å². The number of hydrogen-bond acceptors (Lipinski definition) is 3. The number of anilines is 1. The van der Waals surface area contributed by atoms with Gasteiger partial charge in [-0.2, -0.15) is 0 Å². The zero-order chi connectivity index (χ0) is 19.3. The summed E-state index contributed by atoms with van der Waals surface area (Å²) < 4.78 is 0. The molecule has 3 aromatic rings. The summed E-state index contributed by atoms with van der Waals surface area (Å²) in [6, 6.07) is 20.4. The van der Waals surface area contributed by atoms with E-state index in [2.05, 4.69) is 16.4 Å². The fourth-order valence-electron chi connectivity index (χ4n) is 3.44. The SMILES string of the molecule is O=C(NCc1ccccn1)c1ccc(C(=O)N2CCCc3ccccc32)cc1. The number of aromatic nitrogens is 1. The number of nitrogens with one attached hydrogen (secondary N) is 1. The fraction of sp³-hybridized carbons (Fsp3) is 0.174. The zero-order valence-corrected chi connectivity index (χ0v) is 15.5. The van der Waals surface area contributed by atoms with Crippen molar-refractivity contribution in [2.24, 2.45) is 0 Å². The smallest absolute Gasteiger partial charge is 0.258 e. The third-order valence-electron chi connectivity index (χ3n) is 4.91. The second kappa shape index (κ2) is 8.05. The first-order valence-electron chi connectivity index (χ1n) is 9.40. The van der Waals surface area contributed by atoms with Crippen LogP contribution in [0.3, 0.4) is 0 Å². The summed E-state index contributed by atoms with van der Waals surface area (Å²) in [6.07, 6.45) is 3.65. The highest BCUT2D eigenvalue weighted by molar-refractivity contribution is 6.07. The minimum atomic E-state index is -0.187. The highest BCUT2D eigenvalue weighted by atomic mass is 16.2. The van der Waals surface area contributed by atoms with Crippen molar-refractivity contribution in [1.82, 2.24) is 10.3 Å². The van der Waals surface area contributed by atoms with Gasteiger partial charge >= 0.3 is 0 Å². The van der Waals surface area contributed by atoms with Crippen molar-refractivity contribution in [1.29, 1.82) is 0 Å². The molecule has 28 heavy (non-hydrogen) atoms. The van der Waals surface area contributed by atoms with Gasteiger partial charge in [-0.05, 0) is 60.9 Å². The Morgan fingerprint density at radius 2 is 1.68 bits per heavy atom. The van der Waals surface area contributed by atoms with E-state index in [9.17, 15) is 9.59 Å². The van der Waals surface area contributed by atoms with Crippen LogP contribution in [0.25, 0.3) is 0 Å². The molecule has 0 saturated heterocycles. The molecule has 0 atom stereocenters. The molecule has 0 spiro atoms. The van der Waals surface area contributed by atoms with Gasteiger partial charge in [-0.1, -0.05) is 24.3 Å². The van der Waals surface area contributed by atoms with Crippen molar-refractivity contribution in [2.75, 3.05) is 11.4 Å². The average Bonchev–Trinajstić information content (AvgIpc) is 2.77. The lowest BCUT2D eigenvalue weighted by molar-refractivity contribution is 0.0947. The Labute approximate surface area is 164 Å². The summed E-state index contributed by atoms with van der Waals surface area (Å²) in [7, 11) is 0. The number of aryl methyl sites for hydroxylation is 1. The van der Waals surface area contributed by atoms with E-state index in [1.807, 2.05) is 41.3 Å². The van der Waals surface area contributed by atoms with E-state index in [0.717, 1.165) is 24.2 Å². The minimum absolute atomic E-state index is 0.0346. The summed E-state index contributed by atoms with van der Waals surface area (Å²) in [4.78, 5) is 31.3. The number of benzene rings is 2. The molecule has 4 rings (SSSR count). The van der Waals surface area contributed by atoms with E-state index in [1.165, 1.54) is 5.56 Å². The Morgan fingerprint density at radius 1 is 0.929 bits per heavy atom. The molecule has 0 saturated carbocycles. The first kappa shape index (κ1) is 17.9. The summed E-state index contributed by atoms with van der Waals surface area (Å²) in [5, 5.41) is 2.84. The second-order valence-corrected chi connectivity index (χ2v) is 6.77. The van der Waals surface area contributed by atoms with Crippen LogP contribution in [0.2, 0.25) is 0 Å². The van der Waals surface area contributed by atoms with E-state index in [0.29, 0.717) is 24.2 Å². The monoisotopic (exact) mass is 371 g/mol. The standard InChI is InChI=1S/C23H21N3O2/c27-22(25-16-20-8-3-4-14-24-20)18-10-12-19(13-11-18)23(28)26-15-5-7-17-6-1-2-9-21(17)26/h1-4,6,8-14H,5,7,15-16H2,(H,25,27). The molecule has 5 nitrogen and oxygen atoms in total. The van der Waals surface area contributed by atoms with Crippen LogP contribution in [0, 0.1) is 0 Å². The van der Waals surface area contributed by atoms with Crippen LogP contribution in [0.4, 0.5) is 5.69 Å². The average molecular weight is 371 g/mol. The molecule has 0 fully saturated rings. The number of pyridine rings is 1.